The normalized spacial score (nSPS) is 14.3. The second kappa shape index (κ2) is 13.1. The predicted molar refractivity (Wildman–Crippen MR) is 121 cm³/mol. The van der Waals surface area contributed by atoms with Gasteiger partial charge in [0.2, 0.25) is 17.7 Å². The SMILES string of the molecule is COc1ccc(C(=O)N[C@@H](CC(C)C)C(=O)N[C@@H](CC(=O)O)C(=O)N[C@H](C(N)=O)[C@@H](C)O)cc1. The number of primary amides is 1. The lowest BCUT2D eigenvalue weighted by Crippen LogP contribution is -2.58. The Labute approximate surface area is 197 Å². The van der Waals surface area contributed by atoms with Gasteiger partial charge in [-0.3, -0.25) is 24.0 Å². The molecule has 0 aliphatic heterocycles. The third-order valence-electron chi connectivity index (χ3n) is 4.78. The Hall–Kier alpha value is -3.67. The lowest BCUT2D eigenvalue weighted by molar-refractivity contribution is -0.141. The Morgan fingerprint density at radius 1 is 0.941 bits per heavy atom. The average molecular weight is 481 g/mol. The Bertz CT molecular complexity index is 885. The molecule has 0 bridgehead atoms. The number of rotatable bonds is 13. The number of benzene rings is 1. The fourth-order valence-corrected chi connectivity index (χ4v) is 3.03. The predicted octanol–water partition coefficient (Wildman–Crippen LogP) is -0.850. The van der Waals surface area contributed by atoms with Gasteiger partial charge in [0, 0.05) is 5.56 Å². The lowest BCUT2D eigenvalue weighted by atomic mass is 10.0. The van der Waals surface area contributed by atoms with E-state index in [2.05, 4.69) is 16.0 Å². The van der Waals surface area contributed by atoms with Crippen molar-refractivity contribution in [3.63, 3.8) is 0 Å². The summed E-state index contributed by atoms with van der Waals surface area (Å²) in [5.41, 5.74) is 5.41. The highest BCUT2D eigenvalue weighted by atomic mass is 16.5. The summed E-state index contributed by atoms with van der Waals surface area (Å²) in [5, 5.41) is 25.8. The van der Waals surface area contributed by atoms with Crippen LogP contribution in [0.5, 0.6) is 5.75 Å². The van der Waals surface area contributed by atoms with Crippen molar-refractivity contribution in [1.82, 2.24) is 16.0 Å². The quantitative estimate of drug-likeness (QED) is 0.210. The standard InChI is InChI=1S/C22H32N4O8/c1-11(2)9-15(24-20(31)13-5-7-14(34-4)8-6-13)21(32)25-16(10-17(28)29)22(33)26-18(12(3)27)19(23)30/h5-8,11-12,15-16,18,27H,9-10H2,1-4H3,(H2,23,30)(H,24,31)(H,25,32)(H,26,33)(H,28,29)/t12-,15+,16+,18+/m1/s1. The van der Waals surface area contributed by atoms with Crippen LogP contribution in [0.1, 0.15) is 44.0 Å². The number of hydrogen-bond acceptors (Lipinski definition) is 7. The molecule has 0 unspecified atom stereocenters. The Morgan fingerprint density at radius 3 is 1.94 bits per heavy atom. The van der Waals surface area contributed by atoms with Gasteiger partial charge in [0.05, 0.1) is 19.6 Å². The third-order valence-corrected chi connectivity index (χ3v) is 4.78. The highest BCUT2D eigenvalue weighted by molar-refractivity contribution is 5.99. The van der Waals surface area contributed by atoms with Crippen LogP contribution in [-0.4, -0.2) is 71.2 Å². The van der Waals surface area contributed by atoms with Crippen LogP contribution in [0.15, 0.2) is 24.3 Å². The minimum Gasteiger partial charge on any atom is -0.497 e. The number of hydrogen-bond donors (Lipinski definition) is 6. The smallest absolute Gasteiger partial charge is 0.305 e. The molecular weight excluding hydrogens is 448 g/mol. The molecule has 0 saturated heterocycles. The van der Waals surface area contributed by atoms with E-state index >= 15 is 0 Å². The molecule has 4 atom stereocenters. The van der Waals surface area contributed by atoms with E-state index in [-0.39, 0.29) is 17.9 Å². The molecule has 188 valence electrons. The van der Waals surface area contributed by atoms with Crippen LogP contribution in [-0.2, 0) is 19.2 Å². The maximum Gasteiger partial charge on any atom is 0.305 e. The zero-order chi connectivity index (χ0) is 26.0. The third kappa shape index (κ3) is 9.06. The van der Waals surface area contributed by atoms with E-state index in [1.54, 1.807) is 12.1 Å². The molecule has 1 aromatic rings. The van der Waals surface area contributed by atoms with Crippen LogP contribution < -0.4 is 26.4 Å². The van der Waals surface area contributed by atoms with E-state index in [0.717, 1.165) is 0 Å². The minimum absolute atomic E-state index is 0.0341. The minimum atomic E-state index is -1.59. The zero-order valence-corrected chi connectivity index (χ0v) is 19.5. The number of ether oxygens (including phenoxy) is 1. The maximum atomic E-state index is 12.9. The van der Waals surface area contributed by atoms with Crippen molar-refractivity contribution in [2.45, 2.75) is 57.8 Å². The van der Waals surface area contributed by atoms with Gasteiger partial charge in [-0.25, -0.2) is 0 Å². The summed E-state index contributed by atoms with van der Waals surface area (Å²) in [7, 11) is 1.48. The van der Waals surface area contributed by atoms with Gasteiger partial charge < -0.3 is 36.6 Å². The van der Waals surface area contributed by atoms with Crippen molar-refractivity contribution < 1.29 is 38.9 Å². The fraction of sp³-hybridized carbons (Fsp3) is 0.500. The first-order valence-electron chi connectivity index (χ1n) is 10.6. The van der Waals surface area contributed by atoms with Gasteiger partial charge in [-0.1, -0.05) is 13.8 Å². The van der Waals surface area contributed by atoms with E-state index < -0.39 is 60.2 Å². The van der Waals surface area contributed by atoms with Gasteiger partial charge in [-0.15, -0.1) is 0 Å². The Kier molecular flexibility index (Phi) is 11.0. The molecule has 12 nitrogen and oxygen atoms in total. The Morgan fingerprint density at radius 2 is 1.50 bits per heavy atom. The molecule has 0 fully saturated rings. The van der Waals surface area contributed by atoms with Crippen molar-refractivity contribution in [2.75, 3.05) is 7.11 Å². The number of carboxylic acid groups (broad SMARTS) is 1. The number of aliphatic hydroxyl groups excluding tert-OH is 1. The molecule has 12 heteroatoms. The topological polar surface area (TPSA) is 197 Å². The van der Waals surface area contributed by atoms with Gasteiger partial charge in [0.25, 0.3) is 5.91 Å². The van der Waals surface area contributed by atoms with E-state index in [1.807, 2.05) is 13.8 Å². The van der Waals surface area contributed by atoms with Crippen molar-refractivity contribution in [2.24, 2.45) is 11.7 Å². The highest BCUT2D eigenvalue weighted by Crippen LogP contribution is 2.13. The van der Waals surface area contributed by atoms with E-state index in [0.29, 0.717) is 5.75 Å². The monoisotopic (exact) mass is 480 g/mol. The number of carboxylic acids is 1. The zero-order valence-electron chi connectivity index (χ0n) is 19.5. The van der Waals surface area contributed by atoms with Gasteiger partial charge in [-0.05, 0) is 43.5 Å². The second-order valence-corrected chi connectivity index (χ2v) is 8.17. The molecule has 0 saturated carbocycles. The van der Waals surface area contributed by atoms with Crippen LogP contribution in [0, 0.1) is 5.92 Å². The molecule has 34 heavy (non-hydrogen) atoms. The van der Waals surface area contributed by atoms with E-state index in [1.165, 1.54) is 26.2 Å². The number of amides is 4. The number of methoxy groups -OCH3 is 1. The van der Waals surface area contributed by atoms with Gasteiger partial charge in [0.15, 0.2) is 0 Å². The molecule has 1 rings (SSSR count). The maximum absolute atomic E-state index is 12.9. The molecule has 0 aromatic heterocycles. The molecule has 4 amide bonds. The molecule has 0 aliphatic carbocycles. The van der Waals surface area contributed by atoms with Crippen molar-refractivity contribution in [3.05, 3.63) is 29.8 Å². The summed E-state index contributed by atoms with van der Waals surface area (Å²) < 4.78 is 5.05. The summed E-state index contributed by atoms with van der Waals surface area (Å²) >= 11 is 0. The highest BCUT2D eigenvalue weighted by Gasteiger charge is 2.32. The number of aliphatic hydroxyl groups is 1. The van der Waals surface area contributed by atoms with Gasteiger partial charge in [0.1, 0.15) is 23.9 Å². The molecule has 1 aromatic carbocycles. The van der Waals surface area contributed by atoms with Gasteiger partial charge in [-0.2, -0.15) is 0 Å². The number of aliphatic carboxylic acids is 1. The summed E-state index contributed by atoms with van der Waals surface area (Å²) in [6.45, 7) is 4.86. The van der Waals surface area contributed by atoms with Crippen LogP contribution in [0.4, 0.5) is 0 Å². The van der Waals surface area contributed by atoms with Crippen molar-refractivity contribution >= 4 is 29.6 Å². The Balaban J connectivity index is 3.04. The first kappa shape index (κ1) is 28.4. The van der Waals surface area contributed by atoms with Gasteiger partial charge >= 0.3 is 5.97 Å². The number of nitrogens with one attached hydrogen (secondary N) is 3. The molecule has 0 aliphatic rings. The lowest BCUT2D eigenvalue weighted by Gasteiger charge is -2.25. The van der Waals surface area contributed by atoms with Crippen molar-refractivity contribution in [3.8, 4) is 5.75 Å². The van der Waals surface area contributed by atoms with E-state index in [9.17, 15) is 29.1 Å². The number of carbonyl (C=O) groups is 5. The van der Waals surface area contributed by atoms with E-state index in [4.69, 9.17) is 15.6 Å². The largest absolute Gasteiger partial charge is 0.497 e. The summed E-state index contributed by atoms with van der Waals surface area (Å²) in [6.07, 6.45) is -1.95. The summed E-state index contributed by atoms with van der Waals surface area (Å²) in [6, 6.07) is 2.04. The molecule has 0 spiro atoms. The molecule has 0 radical (unpaired) electrons. The van der Waals surface area contributed by atoms with Crippen molar-refractivity contribution in [1.29, 1.82) is 0 Å². The molecule has 0 heterocycles. The van der Waals surface area contributed by atoms with Crippen LogP contribution >= 0.6 is 0 Å². The van der Waals surface area contributed by atoms with Crippen LogP contribution in [0.25, 0.3) is 0 Å². The number of carbonyl (C=O) groups excluding carboxylic acids is 4. The first-order valence-corrected chi connectivity index (χ1v) is 10.6. The summed E-state index contributed by atoms with van der Waals surface area (Å²) in [4.78, 5) is 60.9. The average Bonchev–Trinajstić information content (AvgIpc) is 2.75. The second-order valence-electron chi connectivity index (χ2n) is 8.17. The summed E-state index contributed by atoms with van der Waals surface area (Å²) in [5.74, 6) is -4.28. The number of nitrogens with two attached hydrogens (primary N) is 1. The molecular formula is C22H32N4O8. The van der Waals surface area contributed by atoms with Crippen LogP contribution in [0.3, 0.4) is 0 Å². The molecule has 7 N–H and O–H groups in total. The van der Waals surface area contributed by atoms with Crippen LogP contribution in [0.2, 0.25) is 0 Å². The first-order chi connectivity index (χ1) is 15.8. The fourth-order valence-electron chi connectivity index (χ4n) is 3.03.